The van der Waals surface area contributed by atoms with Crippen molar-refractivity contribution >= 4 is 0 Å². The topological polar surface area (TPSA) is 38.7 Å². The van der Waals surface area contributed by atoms with Crippen LogP contribution < -0.4 is 0 Å². The van der Waals surface area contributed by atoms with Crippen molar-refractivity contribution in [2.45, 2.75) is 46.0 Å². The number of allylic oxidation sites excluding steroid dienone is 5. The zero-order valence-corrected chi connectivity index (χ0v) is 12.9. The Balaban J connectivity index is 4.07. The summed E-state index contributed by atoms with van der Waals surface area (Å²) >= 11 is 0. The van der Waals surface area contributed by atoms with Gasteiger partial charge >= 0.3 is 0 Å². The summed E-state index contributed by atoms with van der Waals surface area (Å²) in [4.78, 5) is 0. The quantitative estimate of drug-likeness (QED) is 0.462. The fraction of sp³-hybridized carbons (Fsp3) is 0.529. The van der Waals surface area contributed by atoms with Crippen molar-refractivity contribution in [2.75, 3.05) is 13.2 Å². The molecule has 0 saturated carbocycles. The van der Waals surface area contributed by atoms with Gasteiger partial charge in [-0.05, 0) is 39.7 Å². The SMILES string of the molecule is C=C(/C=C/C(OCC)OCC)CC[C@@H](O)/C=C/C=C/C. The molecular formula is C17H28O3. The minimum atomic E-state index is -0.439. The van der Waals surface area contributed by atoms with Crippen molar-refractivity contribution in [1.82, 2.24) is 0 Å². The molecule has 0 aromatic heterocycles. The summed E-state index contributed by atoms with van der Waals surface area (Å²) < 4.78 is 10.8. The van der Waals surface area contributed by atoms with Crippen molar-refractivity contribution in [3.05, 3.63) is 48.6 Å². The minimum Gasteiger partial charge on any atom is -0.389 e. The second-order valence-electron chi connectivity index (χ2n) is 4.31. The third kappa shape index (κ3) is 10.7. The molecule has 0 saturated heterocycles. The van der Waals surface area contributed by atoms with E-state index in [-0.39, 0.29) is 6.29 Å². The van der Waals surface area contributed by atoms with Crippen LogP contribution in [0, 0.1) is 0 Å². The number of aliphatic hydroxyl groups is 1. The van der Waals surface area contributed by atoms with Gasteiger partial charge in [0.25, 0.3) is 0 Å². The molecule has 1 N–H and O–H groups in total. The zero-order valence-electron chi connectivity index (χ0n) is 12.9. The number of rotatable bonds is 11. The Kier molecular flexibility index (Phi) is 12.1. The van der Waals surface area contributed by atoms with Crippen LogP contribution >= 0.6 is 0 Å². The summed E-state index contributed by atoms with van der Waals surface area (Å²) in [6, 6.07) is 0. The van der Waals surface area contributed by atoms with Crippen LogP contribution in [0.5, 0.6) is 0 Å². The summed E-state index contributed by atoms with van der Waals surface area (Å²) in [5, 5.41) is 9.74. The molecule has 0 radical (unpaired) electrons. The number of aliphatic hydroxyl groups excluding tert-OH is 1. The molecule has 20 heavy (non-hydrogen) atoms. The molecule has 3 nitrogen and oxygen atoms in total. The molecule has 0 amide bonds. The summed E-state index contributed by atoms with van der Waals surface area (Å²) in [6.07, 6.45) is 11.8. The molecule has 0 heterocycles. The van der Waals surface area contributed by atoms with Crippen molar-refractivity contribution < 1.29 is 14.6 Å². The van der Waals surface area contributed by atoms with E-state index in [9.17, 15) is 5.11 Å². The van der Waals surface area contributed by atoms with E-state index >= 15 is 0 Å². The summed E-state index contributed by atoms with van der Waals surface area (Å²) in [6.45, 7) is 11.0. The largest absolute Gasteiger partial charge is 0.389 e. The van der Waals surface area contributed by atoms with E-state index in [2.05, 4.69) is 6.58 Å². The molecule has 3 heteroatoms. The highest BCUT2D eigenvalue weighted by Crippen LogP contribution is 2.09. The molecule has 0 aliphatic rings. The lowest BCUT2D eigenvalue weighted by atomic mass is 10.1. The van der Waals surface area contributed by atoms with E-state index in [4.69, 9.17) is 9.47 Å². The van der Waals surface area contributed by atoms with Gasteiger partial charge in [0.1, 0.15) is 0 Å². The van der Waals surface area contributed by atoms with Gasteiger partial charge in [0.2, 0.25) is 0 Å². The molecular weight excluding hydrogens is 252 g/mol. The zero-order chi connectivity index (χ0) is 15.2. The maximum atomic E-state index is 9.74. The smallest absolute Gasteiger partial charge is 0.177 e. The first-order valence-corrected chi connectivity index (χ1v) is 7.20. The Morgan fingerprint density at radius 1 is 1.15 bits per heavy atom. The standard InChI is InChI=1S/C17H28O3/c1-5-8-9-10-16(18)13-11-15(4)12-14-17(19-6-2)20-7-3/h5,8-10,12,14,16-18H,4,6-7,11,13H2,1-3H3/b8-5+,10-9+,14-12+/t16-/m0/s1. The van der Waals surface area contributed by atoms with E-state index in [0.717, 1.165) is 12.0 Å². The van der Waals surface area contributed by atoms with E-state index in [1.54, 1.807) is 6.08 Å². The molecule has 0 bridgehead atoms. The molecule has 0 fully saturated rings. The van der Waals surface area contributed by atoms with Crippen LogP contribution in [-0.2, 0) is 9.47 Å². The summed E-state index contributed by atoms with van der Waals surface area (Å²) in [5.41, 5.74) is 0.952. The Hall–Kier alpha value is -1.16. The van der Waals surface area contributed by atoms with Crippen LogP contribution in [0.1, 0.15) is 33.6 Å². The van der Waals surface area contributed by atoms with Crippen molar-refractivity contribution in [3.8, 4) is 0 Å². The number of ether oxygens (including phenoxy) is 2. The van der Waals surface area contributed by atoms with Crippen LogP contribution in [0.3, 0.4) is 0 Å². The molecule has 1 atom stereocenters. The summed E-state index contributed by atoms with van der Waals surface area (Å²) in [5.74, 6) is 0. The van der Waals surface area contributed by atoms with Gasteiger partial charge in [-0.3, -0.25) is 0 Å². The first-order chi connectivity index (χ1) is 9.63. The Morgan fingerprint density at radius 3 is 2.35 bits per heavy atom. The van der Waals surface area contributed by atoms with Crippen LogP contribution in [0.25, 0.3) is 0 Å². The summed E-state index contributed by atoms with van der Waals surface area (Å²) in [7, 11) is 0. The maximum Gasteiger partial charge on any atom is 0.177 e. The Bertz CT molecular complexity index is 323. The normalized spacial score (nSPS) is 14.1. The Morgan fingerprint density at radius 2 is 1.80 bits per heavy atom. The lowest BCUT2D eigenvalue weighted by molar-refractivity contribution is -0.103. The first-order valence-electron chi connectivity index (χ1n) is 7.20. The predicted octanol–water partition coefficient (Wildman–Crippen LogP) is 3.77. The lowest BCUT2D eigenvalue weighted by Gasteiger charge is -2.12. The fourth-order valence-electron chi connectivity index (χ4n) is 1.52. The third-order valence-corrected chi connectivity index (χ3v) is 2.55. The fourth-order valence-corrected chi connectivity index (χ4v) is 1.52. The molecule has 0 aliphatic heterocycles. The minimum absolute atomic E-state index is 0.318. The molecule has 0 aromatic carbocycles. The van der Waals surface area contributed by atoms with Gasteiger partial charge in [-0.25, -0.2) is 0 Å². The van der Waals surface area contributed by atoms with Gasteiger partial charge in [-0.2, -0.15) is 0 Å². The molecule has 114 valence electrons. The monoisotopic (exact) mass is 280 g/mol. The van der Waals surface area contributed by atoms with Gasteiger partial charge in [0.05, 0.1) is 6.10 Å². The van der Waals surface area contributed by atoms with Gasteiger partial charge in [0.15, 0.2) is 6.29 Å². The van der Waals surface area contributed by atoms with Gasteiger partial charge in [-0.1, -0.05) is 42.5 Å². The molecule has 0 spiro atoms. The molecule has 0 unspecified atom stereocenters. The van der Waals surface area contributed by atoms with Crippen molar-refractivity contribution in [1.29, 1.82) is 0 Å². The van der Waals surface area contributed by atoms with Gasteiger partial charge < -0.3 is 14.6 Å². The Labute approximate surface area is 123 Å². The highest BCUT2D eigenvalue weighted by Gasteiger charge is 2.03. The average Bonchev–Trinajstić information content (AvgIpc) is 2.43. The van der Waals surface area contributed by atoms with Crippen LogP contribution in [-0.4, -0.2) is 30.7 Å². The van der Waals surface area contributed by atoms with Crippen LogP contribution in [0.2, 0.25) is 0 Å². The van der Waals surface area contributed by atoms with Crippen molar-refractivity contribution in [3.63, 3.8) is 0 Å². The third-order valence-electron chi connectivity index (χ3n) is 2.55. The predicted molar refractivity (Wildman–Crippen MR) is 84.5 cm³/mol. The van der Waals surface area contributed by atoms with E-state index in [0.29, 0.717) is 19.6 Å². The van der Waals surface area contributed by atoms with Gasteiger partial charge in [0, 0.05) is 13.2 Å². The maximum absolute atomic E-state index is 9.74. The van der Waals surface area contributed by atoms with Crippen LogP contribution in [0.4, 0.5) is 0 Å². The first kappa shape index (κ1) is 18.8. The molecule has 0 aliphatic carbocycles. The van der Waals surface area contributed by atoms with Crippen LogP contribution in [0.15, 0.2) is 48.6 Å². The average molecular weight is 280 g/mol. The molecule has 0 aromatic rings. The van der Waals surface area contributed by atoms with E-state index < -0.39 is 6.10 Å². The second-order valence-corrected chi connectivity index (χ2v) is 4.31. The highest BCUT2D eigenvalue weighted by molar-refractivity contribution is 5.15. The van der Waals surface area contributed by atoms with Gasteiger partial charge in [-0.15, -0.1) is 0 Å². The van der Waals surface area contributed by atoms with E-state index in [1.165, 1.54) is 0 Å². The lowest BCUT2D eigenvalue weighted by Crippen LogP contribution is -2.14. The molecule has 0 rings (SSSR count). The second kappa shape index (κ2) is 12.9. The van der Waals surface area contributed by atoms with E-state index in [1.807, 2.05) is 51.2 Å². The number of hydrogen-bond donors (Lipinski definition) is 1. The van der Waals surface area contributed by atoms with Crippen molar-refractivity contribution in [2.24, 2.45) is 0 Å². The highest BCUT2D eigenvalue weighted by atomic mass is 16.7. The number of hydrogen-bond acceptors (Lipinski definition) is 3.